The SMILES string of the molecule is CC(NCCS(C)(=O)=O)c1cccc(Cl)c1. The molecule has 0 saturated heterocycles. The summed E-state index contributed by atoms with van der Waals surface area (Å²) in [5.41, 5.74) is 1.06. The topological polar surface area (TPSA) is 46.2 Å². The fourth-order valence-corrected chi connectivity index (χ4v) is 2.04. The van der Waals surface area contributed by atoms with E-state index in [1.807, 2.05) is 31.2 Å². The van der Waals surface area contributed by atoms with Crippen LogP contribution in [0.1, 0.15) is 18.5 Å². The van der Waals surface area contributed by atoms with Crippen LogP contribution in [0.15, 0.2) is 24.3 Å². The molecular formula is C11H16ClNO2S. The van der Waals surface area contributed by atoms with Crippen LogP contribution in [-0.4, -0.2) is 27.0 Å². The van der Waals surface area contributed by atoms with Crippen molar-refractivity contribution in [1.82, 2.24) is 5.32 Å². The van der Waals surface area contributed by atoms with E-state index in [1.165, 1.54) is 6.26 Å². The Balaban J connectivity index is 2.50. The van der Waals surface area contributed by atoms with Gasteiger partial charge in [-0.1, -0.05) is 23.7 Å². The highest BCUT2D eigenvalue weighted by Gasteiger charge is 2.07. The van der Waals surface area contributed by atoms with Gasteiger partial charge in [-0.05, 0) is 24.6 Å². The number of sulfone groups is 1. The third kappa shape index (κ3) is 4.96. The van der Waals surface area contributed by atoms with Crippen LogP contribution in [0.4, 0.5) is 0 Å². The van der Waals surface area contributed by atoms with Crippen molar-refractivity contribution in [1.29, 1.82) is 0 Å². The summed E-state index contributed by atoms with van der Waals surface area (Å²) < 4.78 is 21.9. The second kappa shape index (κ2) is 5.66. The monoisotopic (exact) mass is 261 g/mol. The molecule has 1 aromatic rings. The van der Waals surface area contributed by atoms with Crippen molar-refractivity contribution < 1.29 is 8.42 Å². The van der Waals surface area contributed by atoms with Crippen LogP contribution in [0, 0.1) is 0 Å². The Labute approximate surface area is 102 Å². The summed E-state index contributed by atoms with van der Waals surface area (Å²) in [6.45, 7) is 2.43. The molecule has 1 atom stereocenters. The summed E-state index contributed by atoms with van der Waals surface area (Å²) >= 11 is 5.87. The average Bonchev–Trinajstić information content (AvgIpc) is 2.15. The molecular weight excluding hydrogens is 246 g/mol. The first-order chi connectivity index (χ1) is 7.38. The van der Waals surface area contributed by atoms with Gasteiger partial charge < -0.3 is 5.32 Å². The van der Waals surface area contributed by atoms with Gasteiger partial charge in [0.2, 0.25) is 0 Å². The van der Waals surface area contributed by atoms with Crippen LogP contribution in [0.3, 0.4) is 0 Å². The second-order valence-electron chi connectivity index (χ2n) is 3.86. The van der Waals surface area contributed by atoms with E-state index in [-0.39, 0.29) is 11.8 Å². The first-order valence-corrected chi connectivity index (χ1v) is 7.49. The summed E-state index contributed by atoms with van der Waals surface area (Å²) in [5.74, 6) is 0.151. The minimum absolute atomic E-state index is 0.0976. The molecule has 0 aliphatic carbocycles. The van der Waals surface area contributed by atoms with Crippen molar-refractivity contribution in [3.8, 4) is 0 Å². The van der Waals surface area contributed by atoms with Crippen molar-refractivity contribution in [2.24, 2.45) is 0 Å². The third-order valence-corrected chi connectivity index (χ3v) is 3.45. The molecule has 0 spiro atoms. The maximum atomic E-state index is 10.9. The maximum absolute atomic E-state index is 10.9. The lowest BCUT2D eigenvalue weighted by molar-refractivity contribution is 0.576. The predicted octanol–water partition coefficient (Wildman–Crippen LogP) is 2.04. The highest BCUT2D eigenvalue weighted by atomic mass is 35.5. The molecule has 16 heavy (non-hydrogen) atoms. The number of hydrogen-bond donors (Lipinski definition) is 1. The zero-order valence-corrected chi connectivity index (χ0v) is 11.0. The molecule has 0 radical (unpaired) electrons. The number of hydrogen-bond acceptors (Lipinski definition) is 3. The lowest BCUT2D eigenvalue weighted by Crippen LogP contribution is -2.25. The van der Waals surface area contributed by atoms with E-state index in [1.54, 1.807) is 0 Å². The minimum atomic E-state index is -2.90. The second-order valence-corrected chi connectivity index (χ2v) is 6.56. The van der Waals surface area contributed by atoms with E-state index < -0.39 is 9.84 Å². The zero-order valence-electron chi connectivity index (χ0n) is 9.40. The summed E-state index contributed by atoms with van der Waals surface area (Å²) in [6, 6.07) is 7.63. The van der Waals surface area contributed by atoms with Gasteiger partial charge in [0.25, 0.3) is 0 Å². The predicted molar refractivity (Wildman–Crippen MR) is 67.6 cm³/mol. The molecule has 90 valence electrons. The first-order valence-electron chi connectivity index (χ1n) is 5.05. The van der Waals surface area contributed by atoms with E-state index >= 15 is 0 Å². The molecule has 0 fully saturated rings. The van der Waals surface area contributed by atoms with E-state index in [9.17, 15) is 8.42 Å². The summed E-state index contributed by atoms with van der Waals surface area (Å²) in [5, 5.41) is 3.83. The highest BCUT2D eigenvalue weighted by molar-refractivity contribution is 7.90. The van der Waals surface area contributed by atoms with Gasteiger partial charge in [-0.3, -0.25) is 0 Å². The molecule has 1 unspecified atom stereocenters. The van der Waals surface area contributed by atoms with Crippen LogP contribution in [0.5, 0.6) is 0 Å². The largest absolute Gasteiger partial charge is 0.309 e. The van der Waals surface area contributed by atoms with Crippen LogP contribution in [0.25, 0.3) is 0 Å². The van der Waals surface area contributed by atoms with Gasteiger partial charge in [0.15, 0.2) is 0 Å². The Kier molecular flexibility index (Phi) is 4.77. The van der Waals surface area contributed by atoms with Crippen LogP contribution < -0.4 is 5.32 Å². The molecule has 5 heteroatoms. The van der Waals surface area contributed by atoms with E-state index in [2.05, 4.69) is 5.32 Å². The molecule has 0 aliphatic heterocycles. The Bertz CT molecular complexity index is 445. The van der Waals surface area contributed by atoms with Crippen LogP contribution in [0.2, 0.25) is 5.02 Å². The summed E-state index contributed by atoms with van der Waals surface area (Å²) in [7, 11) is -2.90. The zero-order chi connectivity index (χ0) is 12.2. The standard InChI is InChI=1S/C11H16ClNO2S/c1-9(13-6-7-16(2,14)15)10-4-3-5-11(12)8-10/h3-5,8-9,13H,6-7H2,1-2H3. The molecule has 0 aliphatic rings. The van der Waals surface area contributed by atoms with Crippen molar-refractivity contribution in [3.63, 3.8) is 0 Å². The molecule has 0 heterocycles. The van der Waals surface area contributed by atoms with Gasteiger partial charge in [0.05, 0.1) is 5.75 Å². The molecule has 0 aromatic heterocycles. The van der Waals surface area contributed by atoms with Crippen LogP contribution in [-0.2, 0) is 9.84 Å². The van der Waals surface area contributed by atoms with Gasteiger partial charge in [0, 0.05) is 23.9 Å². The van der Waals surface area contributed by atoms with Gasteiger partial charge >= 0.3 is 0 Å². The molecule has 0 bridgehead atoms. The fourth-order valence-electron chi connectivity index (χ4n) is 1.35. The highest BCUT2D eigenvalue weighted by Crippen LogP contribution is 2.16. The van der Waals surface area contributed by atoms with Crippen molar-refractivity contribution in [2.75, 3.05) is 18.6 Å². The Morgan fingerprint density at radius 1 is 1.44 bits per heavy atom. The van der Waals surface area contributed by atoms with E-state index in [0.717, 1.165) is 5.56 Å². The summed E-state index contributed by atoms with van der Waals surface area (Å²) in [6.07, 6.45) is 1.23. The van der Waals surface area contributed by atoms with Gasteiger partial charge in [-0.2, -0.15) is 0 Å². The maximum Gasteiger partial charge on any atom is 0.148 e. The third-order valence-electron chi connectivity index (χ3n) is 2.27. The summed E-state index contributed by atoms with van der Waals surface area (Å²) in [4.78, 5) is 0. The Morgan fingerprint density at radius 3 is 2.69 bits per heavy atom. The molecule has 0 saturated carbocycles. The Morgan fingerprint density at radius 2 is 2.12 bits per heavy atom. The van der Waals surface area contributed by atoms with E-state index in [4.69, 9.17) is 11.6 Å². The van der Waals surface area contributed by atoms with Gasteiger partial charge in [0.1, 0.15) is 9.84 Å². The molecule has 0 amide bonds. The van der Waals surface area contributed by atoms with Crippen molar-refractivity contribution in [2.45, 2.75) is 13.0 Å². The normalized spacial score (nSPS) is 13.7. The van der Waals surface area contributed by atoms with Crippen LogP contribution >= 0.6 is 11.6 Å². The minimum Gasteiger partial charge on any atom is -0.309 e. The van der Waals surface area contributed by atoms with Gasteiger partial charge in [-0.25, -0.2) is 8.42 Å². The van der Waals surface area contributed by atoms with Gasteiger partial charge in [-0.15, -0.1) is 0 Å². The average molecular weight is 262 g/mol. The lowest BCUT2D eigenvalue weighted by atomic mass is 10.1. The number of rotatable bonds is 5. The number of benzene rings is 1. The molecule has 1 aromatic carbocycles. The molecule has 3 nitrogen and oxygen atoms in total. The molecule has 1 N–H and O–H groups in total. The molecule has 1 rings (SSSR count). The van der Waals surface area contributed by atoms with Crippen molar-refractivity contribution in [3.05, 3.63) is 34.9 Å². The Hall–Kier alpha value is -0.580. The first kappa shape index (κ1) is 13.5. The van der Waals surface area contributed by atoms with E-state index in [0.29, 0.717) is 11.6 Å². The lowest BCUT2D eigenvalue weighted by Gasteiger charge is -2.13. The fraction of sp³-hybridized carbons (Fsp3) is 0.455. The smallest absolute Gasteiger partial charge is 0.148 e. The quantitative estimate of drug-likeness (QED) is 0.882. The number of nitrogens with one attached hydrogen (secondary N) is 1. The number of halogens is 1. The van der Waals surface area contributed by atoms with Crippen molar-refractivity contribution >= 4 is 21.4 Å².